The molecule has 2 aliphatic heterocycles. The Morgan fingerprint density at radius 3 is 2.63 bits per heavy atom. The highest BCUT2D eigenvalue weighted by molar-refractivity contribution is 7.99. The number of amides is 1. The minimum atomic E-state index is -0.589. The summed E-state index contributed by atoms with van der Waals surface area (Å²) >= 11 is 1.91. The number of nitrogens with zero attached hydrogens (tertiary/aromatic N) is 4. The van der Waals surface area contributed by atoms with Gasteiger partial charge < -0.3 is 14.7 Å². The van der Waals surface area contributed by atoms with Crippen molar-refractivity contribution in [2.75, 3.05) is 47.5 Å². The van der Waals surface area contributed by atoms with E-state index in [0.717, 1.165) is 24.6 Å². The third kappa shape index (κ3) is 3.70. The third-order valence-electron chi connectivity index (χ3n) is 4.59. The monoisotopic (exact) mass is 390 g/mol. The molecule has 1 aromatic heterocycles. The van der Waals surface area contributed by atoms with Crippen molar-refractivity contribution in [3.05, 3.63) is 36.4 Å². The van der Waals surface area contributed by atoms with Crippen LogP contribution in [0.4, 0.5) is 20.8 Å². The van der Waals surface area contributed by atoms with E-state index >= 15 is 0 Å². The highest BCUT2D eigenvalue weighted by Gasteiger charge is 2.32. The first kappa shape index (κ1) is 18.0. The van der Waals surface area contributed by atoms with E-state index in [-0.39, 0.29) is 13.2 Å². The minimum Gasteiger partial charge on any atom is -0.441 e. The molecule has 2 aliphatic rings. The predicted molar refractivity (Wildman–Crippen MR) is 102 cm³/mol. The molecule has 7 nitrogen and oxygen atoms in total. The molecule has 1 atom stereocenters. The van der Waals surface area contributed by atoms with Gasteiger partial charge in [0.1, 0.15) is 11.9 Å². The zero-order valence-electron chi connectivity index (χ0n) is 14.5. The van der Waals surface area contributed by atoms with Crippen LogP contribution in [-0.2, 0) is 4.74 Å². The SMILES string of the molecule is O=C1OC(CO)CN1c1ccc(-c2cnc(N3CCSCC3)nc2)c(F)c1. The van der Waals surface area contributed by atoms with Crippen molar-refractivity contribution in [1.82, 2.24) is 9.97 Å². The van der Waals surface area contributed by atoms with Crippen LogP contribution in [-0.4, -0.2) is 65.0 Å². The lowest BCUT2D eigenvalue weighted by Crippen LogP contribution is -2.33. The fourth-order valence-corrected chi connectivity index (χ4v) is 4.02. The summed E-state index contributed by atoms with van der Waals surface area (Å²) in [5.41, 5.74) is 1.33. The number of anilines is 2. The quantitative estimate of drug-likeness (QED) is 0.857. The average Bonchev–Trinajstić information content (AvgIpc) is 3.10. The van der Waals surface area contributed by atoms with E-state index in [0.29, 0.717) is 22.8 Å². The van der Waals surface area contributed by atoms with Gasteiger partial charge in [-0.15, -0.1) is 0 Å². The summed E-state index contributed by atoms with van der Waals surface area (Å²) in [4.78, 5) is 24.0. The van der Waals surface area contributed by atoms with Crippen LogP contribution in [0.1, 0.15) is 0 Å². The lowest BCUT2D eigenvalue weighted by molar-refractivity contribution is 0.0963. The van der Waals surface area contributed by atoms with Gasteiger partial charge in [-0.1, -0.05) is 0 Å². The van der Waals surface area contributed by atoms with E-state index in [1.165, 1.54) is 11.0 Å². The molecule has 1 N–H and O–H groups in total. The van der Waals surface area contributed by atoms with Crippen molar-refractivity contribution in [3.63, 3.8) is 0 Å². The Labute approximate surface area is 160 Å². The topological polar surface area (TPSA) is 78.8 Å². The number of carbonyl (C=O) groups excluding carboxylic acids is 1. The van der Waals surface area contributed by atoms with Gasteiger partial charge in [-0.3, -0.25) is 4.90 Å². The Kier molecular flexibility index (Phi) is 5.13. The van der Waals surface area contributed by atoms with Crippen molar-refractivity contribution in [2.24, 2.45) is 0 Å². The zero-order valence-corrected chi connectivity index (χ0v) is 15.4. The predicted octanol–water partition coefficient (Wildman–Crippen LogP) is 2.15. The maximum Gasteiger partial charge on any atom is 0.414 e. The van der Waals surface area contributed by atoms with Crippen LogP contribution in [0.25, 0.3) is 11.1 Å². The number of aromatic nitrogens is 2. The Balaban J connectivity index is 1.53. The van der Waals surface area contributed by atoms with E-state index in [1.807, 2.05) is 11.8 Å². The number of carbonyl (C=O) groups is 1. The van der Waals surface area contributed by atoms with Crippen molar-refractivity contribution >= 4 is 29.5 Å². The number of halogens is 1. The molecule has 2 saturated heterocycles. The van der Waals surface area contributed by atoms with Gasteiger partial charge in [0.15, 0.2) is 0 Å². The van der Waals surface area contributed by atoms with E-state index in [2.05, 4.69) is 14.9 Å². The van der Waals surface area contributed by atoms with Crippen LogP contribution < -0.4 is 9.80 Å². The molecule has 27 heavy (non-hydrogen) atoms. The summed E-state index contributed by atoms with van der Waals surface area (Å²) in [7, 11) is 0. The van der Waals surface area contributed by atoms with Gasteiger partial charge in [-0.05, 0) is 18.2 Å². The van der Waals surface area contributed by atoms with E-state index in [1.54, 1.807) is 24.5 Å². The molecule has 1 unspecified atom stereocenters. The van der Waals surface area contributed by atoms with Gasteiger partial charge in [0.25, 0.3) is 0 Å². The number of ether oxygens (including phenoxy) is 1. The number of cyclic esters (lactones) is 1. The smallest absolute Gasteiger partial charge is 0.414 e. The number of benzene rings is 1. The van der Waals surface area contributed by atoms with Crippen LogP contribution in [0.15, 0.2) is 30.6 Å². The van der Waals surface area contributed by atoms with Gasteiger partial charge in [-0.25, -0.2) is 19.2 Å². The lowest BCUT2D eigenvalue weighted by atomic mass is 10.1. The molecule has 0 spiro atoms. The molecule has 0 aliphatic carbocycles. The lowest BCUT2D eigenvalue weighted by Gasteiger charge is -2.26. The molecule has 4 rings (SSSR count). The molecule has 1 amide bonds. The molecule has 9 heteroatoms. The summed E-state index contributed by atoms with van der Waals surface area (Å²) in [6.45, 7) is 1.75. The van der Waals surface area contributed by atoms with E-state index in [4.69, 9.17) is 9.84 Å². The Bertz CT molecular complexity index is 830. The van der Waals surface area contributed by atoms with E-state index in [9.17, 15) is 9.18 Å². The van der Waals surface area contributed by atoms with Gasteiger partial charge in [0.05, 0.1) is 18.8 Å². The summed E-state index contributed by atoms with van der Waals surface area (Å²) in [6.07, 6.45) is 2.06. The molecule has 3 heterocycles. The second-order valence-corrected chi connectivity index (χ2v) is 7.56. The van der Waals surface area contributed by atoms with Crippen LogP contribution >= 0.6 is 11.8 Å². The Morgan fingerprint density at radius 1 is 1.26 bits per heavy atom. The van der Waals surface area contributed by atoms with Crippen molar-refractivity contribution in [1.29, 1.82) is 0 Å². The average molecular weight is 390 g/mol. The molecular formula is C18H19FN4O3S. The number of rotatable bonds is 4. The normalized spacial score (nSPS) is 20.1. The summed E-state index contributed by atoms with van der Waals surface area (Å²) in [5, 5.41) is 9.12. The van der Waals surface area contributed by atoms with Gasteiger partial charge in [0.2, 0.25) is 5.95 Å². The maximum absolute atomic E-state index is 14.7. The number of aliphatic hydroxyl groups is 1. The highest BCUT2D eigenvalue weighted by atomic mass is 32.2. The Hall–Kier alpha value is -2.39. The fraction of sp³-hybridized carbons (Fsp3) is 0.389. The first-order valence-corrected chi connectivity index (χ1v) is 9.85. The maximum atomic E-state index is 14.7. The van der Waals surface area contributed by atoms with Gasteiger partial charge >= 0.3 is 6.09 Å². The fourth-order valence-electron chi connectivity index (χ4n) is 3.12. The molecule has 0 radical (unpaired) electrons. The number of aliphatic hydroxyl groups excluding tert-OH is 1. The second-order valence-electron chi connectivity index (χ2n) is 6.33. The summed E-state index contributed by atoms with van der Waals surface area (Å²) < 4.78 is 19.6. The molecule has 0 bridgehead atoms. The standard InChI is InChI=1S/C18H19FN4O3S/c19-16-7-13(23-10-14(11-24)26-18(23)25)1-2-15(16)12-8-20-17(21-9-12)22-3-5-27-6-4-22/h1-2,7-9,14,24H,3-6,10-11H2. The largest absolute Gasteiger partial charge is 0.441 e. The number of hydrogen-bond acceptors (Lipinski definition) is 7. The first-order chi connectivity index (χ1) is 13.2. The van der Waals surface area contributed by atoms with Crippen molar-refractivity contribution in [3.8, 4) is 11.1 Å². The number of thioether (sulfide) groups is 1. The zero-order chi connectivity index (χ0) is 18.8. The van der Waals surface area contributed by atoms with Crippen LogP contribution in [0, 0.1) is 5.82 Å². The van der Waals surface area contributed by atoms with Crippen molar-refractivity contribution < 1.29 is 19.0 Å². The Morgan fingerprint density at radius 2 is 2.00 bits per heavy atom. The molecule has 0 saturated carbocycles. The molecule has 1 aromatic carbocycles. The summed E-state index contributed by atoms with van der Waals surface area (Å²) in [6, 6.07) is 4.53. The van der Waals surface area contributed by atoms with Gasteiger partial charge in [-0.2, -0.15) is 11.8 Å². The number of hydrogen-bond donors (Lipinski definition) is 1. The molecule has 142 valence electrons. The molecule has 2 fully saturated rings. The van der Waals surface area contributed by atoms with Crippen molar-refractivity contribution in [2.45, 2.75) is 6.10 Å². The minimum absolute atomic E-state index is 0.194. The van der Waals surface area contributed by atoms with Gasteiger partial charge in [0, 0.05) is 48.1 Å². The van der Waals surface area contributed by atoms with E-state index < -0.39 is 18.0 Å². The highest BCUT2D eigenvalue weighted by Crippen LogP contribution is 2.29. The third-order valence-corrected chi connectivity index (χ3v) is 5.53. The van der Waals surface area contributed by atoms with Crippen LogP contribution in [0.3, 0.4) is 0 Å². The molecular weight excluding hydrogens is 371 g/mol. The molecule has 2 aromatic rings. The summed E-state index contributed by atoms with van der Waals surface area (Å²) in [5.74, 6) is 2.29. The second kappa shape index (κ2) is 7.69. The van der Waals surface area contributed by atoms with Crippen LogP contribution in [0.5, 0.6) is 0 Å². The van der Waals surface area contributed by atoms with Crippen LogP contribution in [0.2, 0.25) is 0 Å². The first-order valence-electron chi connectivity index (χ1n) is 8.69.